The molecule has 1 amide bonds. The molecule has 1 aliphatic heterocycles. The summed E-state index contributed by atoms with van der Waals surface area (Å²) < 4.78 is 10.9. The Labute approximate surface area is 193 Å². The predicted octanol–water partition coefficient (Wildman–Crippen LogP) is 4.02. The third-order valence-electron chi connectivity index (χ3n) is 5.98. The Bertz CT molecular complexity index is 760. The first kappa shape index (κ1) is 24.4. The van der Waals surface area contributed by atoms with E-state index in [1.165, 1.54) is 24.0 Å². The number of ether oxygens (including phenoxy) is 2. The number of nitrogens with one attached hydrogen (secondary N) is 1. The lowest BCUT2D eigenvalue weighted by atomic mass is 10.0. The zero-order chi connectivity index (χ0) is 23.1. The minimum Gasteiger partial charge on any atom is -0.444 e. The van der Waals surface area contributed by atoms with Crippen molar-refractivity contribution in [3.8, 4) is 0 Å². The monoisotopic (exact) mass is 444 g/mol. The van der Waals surface area contributed by atoms with Crippen LogP contribution in [-0.2, 0) is 22.6 Å². The second-order valence-electron chi connectivity index (χ2n) is 9.94. The molecule has 1 aromatic rings. The topological polar surface area (TPSA) is 66.4 Å². The first-order valence-corrected chi connectivity index (χ1v) is 11.8. The number of benzene rings is 1. The SMILES string of the molecule is CN=C(NCc1ccc(COC)cc1)N1CCC(N(CC2CC2)C(=O)OC(C)(C)C)CC1. The number of hydrogen-bond donors (Lipinski definition) is 1. The highest BCUT2D eigenvalue weighted by Crippen LogP contribution is 2.32. The van der Waals surface area contributed by atoms with Crippen LogP contribution in [-0.4, -0.2) is 67.3 Å². The van der Waals surface area contributed by atoms with Crippen LogP contribution >= 0.6 is 0 Å². The van der Waals surface area contributed by atoms with E-state index in [0.29, 0.717) is 12.5 Å². The van der Waals surface area contributed by atoms with Crippen LogP contribution < -0.4 is 5.32 Å². The van der Waals surface area contributed by atoms with Crippen LogP contribution in [0, 0.1) is 5.92 Å². The Kier molecular flexibility index (Phi) is 8.40. The molecule has 0 bridgehead atoms. The Morgan fingerprint density at radius 3 is 2.28 bits per heavy atom. The number of likely N-dealkylation sites (tertiary alicyclic amines) is 1. The quantitative estimate of drug-likeness (QED) is 0.508. The average molecular weight is 445 g/mol. The zero-order valence-electron chi connectivity index (χ0n) is 20.4. The number of nitrogens with zero attached hydrogens (tertiary/aromatic N) is 3. The highest BCUT2D eigenvalue weighted by atomic mass is 16.6. The molecule has 1 heterocycles. The van der Waals surface area contributed by atoms with Crippen LogP contribution in [0.2, 0.25) is 0 Å². The second-order valence-corrected chi connectivity index (χ2v) is 9.94. The number of carbonyl (C=O) groups excluding carboxylic acids is 1. The van der Waals surface area contributed by atoms with Crippen LogP contribution in [0.3, 0.4) is 0 Å². The summed E-state index contributed by atoms with van der Waals surface area (Å²) in [6, 6.07) is 8.67. The van der Waals surface area contributed by atoms with Crippen molar-refractivity contribution < 1.29 is 14.3 Å². The molecule has 7 nitrogen and oxygen atoms in total. The standard InChI is InChI=1S/C25H40N4O3/c1-25(2,3)32-24(30)29(17-20-8-9-20)22-12-14-28(15-13-22)23(26-4)27-16-19-6-10-21(11-7-19)18-31-5/h6-7,10-11,20,22H,8-9,12-18H2,1-5H3,(H,26,27). The molecule has 0 unspecified atom stereocenters. The van der Waals surface area contributed by atoms with Gasteiger partial charge >= 0.3 is 6.09 Å². The highest BCUT2D eigenvalue weighted by Gasteiger charge is 2.35. The van der Waals surface area contributed by atoms with Gasteiger partial charge in [0.1, 0.15) is 5.60 Å². The van der Waals surface area contributed by atoms with E-state index in [1.807, 2.05) is 32.7 Å². The number of amides is 1. The Balaban J connectivity index is 1.52. The molecule has 0 aromatic heterocycles. The van der Waals surface area contributed by atoms with E-state index in [2.05, 4.69) is 39.5 Å². The van der Waals surface area contributed by atoms with Crippen molar-refractivity contribution in [1.82, 2.24) is 15.1 Å². The molecule has 1 saturated carbocycles. The van der Waals surface area contributed by atoms with E-state index >= 15 is 0 Å². The van der Waals surface area contributed by atoms with Crippen molar-refractivity contribution in [1.29, 1.82) is 0 Å². The predicted molar refractivity (Wildman–Crippen MR) is 128 cm³/mol. The number of guanidine groups is 1. The summed E-state index contributed by atoms with van der Waals surface area (Å²) in [6.07, 6.45) is 4.14. The minimum atomic E-state index is -0.465. The van der Waals surface area contributed by atoms with Crippen LogP contribution in [0.5, 0.6) is 0 Å². The van der Waals surface area contributed by atoms with Gasteiger partial charge in [-0.15, -0.1) is 0 Å². The summed E-state index contributed by atoms with van der Waals surface area (Å²) in [4.78, 5) is 21.6. The van der Waals surface area contributed by atoms with Crippen molar-refractivity contribution >= 4 is 12.1 Å². The lowest BCUT2D eigenvalue weighted by Crippen LogP contribution is -2.52. The van der Waals surface area contributed by atoms with Crippen molar-refractivity contribution in [3.05, 3.63) is 35.4 Å². The zero-order valence-corrected chi connectivity index (χ0v) is 20.4. The number of aliphatic imine (C=N–C) groups is 1. The number of piperidine rings is 1. The van der Waals surface area contributed by atoms with Gasteiger partial charge in [-0.1, -0.05) is 24.3 Å². The number of hydrogen-bond acceptors (Lipinski definition) is 4. The first-order valence-electron chi connectivity index (χ1n) is 11.8. The van der Waals surface area contributed by atoms with E-state index in [0.717, 1.165) is 45.0 Å². The number of methoxy groups -OCH3 is 1. The van der Waals surface area contributed by atoms with Crippen LogP contribution in [0.4, 0.5) is 4.79 Å². The molecule has 0 radical (unpaired) electrons. The fourth-order valence-electron chi connectivity index (χ4n) is 4.09. The fraction of sp³-hybridized carbons (Fsp3) is 0.680. The third kappa shape index (κ3) is 7.40. The molecule has 1 aliphatic carbocycles. The summed E-state index contributed by atoms with van der Waals surface area (Å²) in [7, 11) is 3.54. The molecule has 1 aromatic carbocycles. The van der Waals surface area contributed by atoms with Gasteiger partial charge in [0, 0.05) is 46.4 Å². The fourth-order valence-corrected chi connectivity index (χ4v) is 4.09. The van der Waals surface area contributed by atoms with E-state index in [9.17, 15) is 4.79 Å². The molecule has 0 atom stereocenters. The highest BCUT2D eigenvalue weighted by molar-refractivity contribution is 5.80. The molecule has 0 spiro atoms. The normalized spacial score (nSPS) is 17.9. The summed E-state index contributed by atoms with van der Waals surface area (Å²) >= 11 is 0. The van der Waals surface area contributed by atoms with Crippen LogP contribution in [0.15, 0.2) is 29.3 Å². The maximum atomic E-state index is 12.9. The molecular weight excluding hydrogens is 404 g/mol. The third-order valence-corrected chi connectivity index (χ3v) is 5.98. The van der Waals surface area contributed by atoms with Crippen molar-refractivity contribution in [2.45, 2.75) is 71.2 Å². The van der Waals surface area contributed by atoms with Gasteiger partial charge in [-0.05, 0) is 63.5 Å². The number of rotatable bonds is 7. The molecule has 2 fully saturated rings. The van der Waals surface area contributed by atoms with Crippen LogP contribution in [0.25, 0.3) is 0 Å². The van der Waals surface area contributed by atoms with Crippen molar-refractivity contribution in [2.75, 3.05) is 33.8 Å². The lowest BCUT2D eigenvalue weighted by molar-refractivity contribution is 0.00928. The number of carbonyl (C=O) groups is 1. The molecule has 178 valence electrons. The Morgan fingerprint density at radius 2 is 1.75 bits per heavy atom. The molecule has 7 heteroatoms. The molecule has 2 aliphatic rings. The maximum Gasteiger partial charge on any atom is 0.410 e. The van der Waals surface area contributed by atoms with Gasteiger partial charge in [0.2, 0.25) is 0 Å². The van der Waals surface area contributed by atoms with Gasteiger partial charge < -0.3 is 24.6 Å². The Morgan fingerprint density at radius 1 is 1.12 bits per heavy atom. The molecule has 3 rings (SSSR count). The van der Waals surface area contributed by atoms with Gasteiger partial charge in [-0.3, -0.25) is 4.99 Å². The summed E-state index contributed by atoms with van der Waals surface area (Å²) in [5.74, 6) is 1.56. The van der Waals surface area contributed by atoms with E-state index in [4.69, 9.17) is 9.47 Å². The van der Waals surface area contributed by atoms with Gasteiger partial charge in [0.25, 0.3) is 0 Å². The minimum absolute atomic E-state index is 0.165. The average Bonchev–Trinajstić information content (AvgIpc) is 3.57. The van der Waals surface area contributed by atoms with E-state index in [1.54, 1.807) is 7.11 Å². The Hall–Kier alpha value is -2.28. The van der Waals surface area contributed by atoms with E-state index in [-0.39, 0.29) is 12.1 Å². The van der Waals surface area contributed by atoms with Crippen LogP contribution in [0.1, 0.15) is 57.6 Å². The van der Waals surface area contributed by atoms with E-state index < -0.39 is 5.60 Å². The smallest absolute Gasteiger partial charge is 0.410 e. The second kappa shape index (κ2) is 11.0. The summed E-state index contributed by atoms with van der Waals surface area (Å²) in [5.41, 5.74) is 1.91. The first-order chi connectivity index (χ1) is 15.3. The van der Waals surface area contributed by atoms with Gasteiger partial charge in [-0.2, -0.15) is 0 Å². The molecule has 1 N–H and O–H groups in total. The van der Waals surface area contributed by atoms with Gasteiger partial charge in [-0.25, -0.2) is 4.79 Å². The summed E-state index contributed by atoms with van der Waals surface area (Å²) in [6.45, 7) is 9.74. The summed E-state index contributed by atoms with van der Waals surface area (Å²) in [5, 5.41) is 3.49. The van der Waals surface area contributed by atoms with Crippen molar-refractivity contribution in [3.63, 3.8) is 0 Å². The molecular formula is C25H40N4O3. The lowest BCUT2D eigenvalue weighted by Gasteiger charge is -2.40. The maximum absolute atomic E-state index is 12.9. The molecule has 1 saturated heterocycles. The van der Waals surface area contributed by atoms with Gasteiger partial charge in [0.05, 0.1) is 6.61 Å². The van der Waals surface area contributed by atoms with Gasteiger partial charge in [0.15, 0.2) is 5.96 Å². The van der Waals surface area contributed by atoms with Crippen molar-refractivity contribution in [2.24, 2.45) is 10.9 Å². The molecule has 32 heavy (non-hydrogen) atoms. The largest absolute Gasteiger partial charge is 0.444 e.